The molecule has 0 unspecified atom stereocenters. The van der Waals surface area contributed by atoms with Crippen molar-refractivity contribution in [3.63, 3.8) is 0 Å². The molecule has 0 radical (unpaired) electrons. The van der Waals surface area contributed by atoms with Gasteiger partial charge in [-0.3, -0.25) is 0 Å². The number of ether oxygens (including phenoxy) is 4. The predicted molar refractivity (Wildman–Crippen MR) is 60.5 cm³/mol. The lowest BCUT2D eigenvalue weighted by atomic mass is 10.1. The molecule has 3 aliphatic rings. The number of hydrogen-bond donors (Lipinski definition) is 1. The van der Waals surface area contributed by atoms with E-state index in [1.54, 1.807) is 0 Å². The second-order valence-corrected chi connectivity index (χ2v) is 5.94. The average Bonchev–Trinajstić information content (AvgIpc) is 2.77. The standard InChI is InChI=1S/C12H21NO4/c1-11(2)14-6-8(16-11)9-10-7(5-13-9)15-12(3,4)17-10/h7-10,13H,5-6H2,1-4H3/t7-,8-,9+,10-/m1/s1. The van der Waals surface area contributed by atoms with Crippen LogP contribution in [-0.2, 0) is 18.9 Å². The molecular formula is C12H21NO4. The molecule has 98 valence electrons. The van der Waals surface area contributed by atoms with E-state index >= 15 is 0 Å². The number of nitrogens with one attached hydrogen (secondary N) is 1. The van der Waals surface area contributed by atoms with Gasteiger partial charge in [0.25, 0.3) is 0 Å². The molecule has 4 atom stereocenters. The summed E-state index contributed by atoms with van der Waals surface area (Å²) in [6.07, 6.45) is 0.229. The smallest absolute Gasteiger partial charge is 0.163 e. The number of rotatable bonds is 1. The summed E-state index contributed by atoms with van der Waals surface area (Å²) in [7, 11) is 0. The van der Waals surface area contributed by atoms with Gasteiger partial charge in [0, 0.05) is 6.54 Å². The molecule has 5 nitrogen and oxygen atoms in total. The van der Waals surface area contributed by atoms with Crippen LogP contribution in [0, 0.1) is 0 Å². The first-order chi connectivity index (χ1) is 7.86. The molecule has 0 aromatic carbocycles. The zero-order valence-electron chi connectivity index (χ0n) is 10.9. The first-order valence-corrected chi connectivity index (χ1v) is 6.27. The monoisotopic (exact) mass is 243 g/mol. The Morgan fingerprint density at radius 1 is 0.941 bits per heavy atom. The summed E-state index contributed by atoms with van der Waals surface area (Å²) in [6, 6.07) is 0.156. The van der Waals surface area contributed by atoms with Crippen molar-refractivity contribution < 1.29 is 18.9 Å². The van der Waals surface area contributed by atoms with Gasteiger partial charge in [0.15, 0.2) is 11.6 Å². The summed E-state index contributed by atoms with van der Waals surface area (Å²) < 4.78 is 23.3. The highest BCUT2D eigenvalue weighted by Crippen LogP contribution is 2.36. The first kappa shape index (κ1) is 11.9. The molecule has 0 aromatic heterocycles. The minimum absolute atomic E-state index is 0.0394. The Bertz CT molecular complexity index is 318. The van der Waals surface area contributed by atoms with Gasteiger partial charge in [-0.15, -0.1) is 0 Å². The van der Waals surface area contributed by atoms with Gasteiger partial charge in [-0.1, -0.05) is 0 Å². The van der Waals surface area contributed by atoms with E-state index in [4.69, 9.17) is 18.9 Å². The first-order valence-electron chi connectivity index (χ1n) is 6.27. The normalized spacial score (nSPS) is 47.3. The third kappa shape index (κ3) is 2.11. The molecule has 3 heterocycles. The molecule has 0 aliphatic carbocycles. The molecule has 0 saturated carbocycles. The maximum absolute atomic E-state index is 5.95. The zero-order chi connectivity index (χ0) is 12.3. The number of fused-ring (bicyclic) bond motifs is 1. The maximum Gasteiger partial charge on any atom is 0.163 e. The van der Waals surface area contributed by atoms with Crippen molar-refractivity contribution in [2.45, 2.75) is 63.6 Å². The topological polar surface area (TPSA) is 49.0 Å². The molecule has 0 aromatic rings. The molecule has 1 N–H and O–H groups in total. The van der Waals surface area contributed by atoms with Gasteiger partial charge in [-0.25, -0.2) is 0 Å². The van der Waals surface area contributed by atoms with Crippen LogP contribution in [0.3, 0.4) is 0 Å². The molecule has 3 aliphatic heterocycles. The van der Waals surface area contributed by atoms with Gasteiger partial charge < -0.3 is 24.3 Å². The van der Waals surface area contributed by atoms with Crippen LogP contribution in [0.4, 0.5) is 0 Å². The summed E-state index contributed by atoms with van der Waals surface area (Å²) in [4.78, 5) is 0. The van der Waals surface area contributed by atoms with Crippen LogP contribution >= 0.6 is 0 Å². The molecule has 3 fully saturated rings. The summed E-state index contributed by atoms with van der Waals surface area (Å²) in [5.41, 5.74) is 0. The van der Waals surface area contributed by atoms with Crippen LogP contribution in [-0.4, -0.2) is 49.1 Å². The Kier molecular flexibility index (Phi) is 2.55. The third-order valence-electron chi connectivity index (χ3n) is 3.56. The van der Waals surface area contributed by atoms with Gasteiger partial charge in [-0.05, 0) is 27.7 Å². The van der Waals surface area contributed by atoms with Gasteiger partial charge in [0.1, 0.15) is 18.3 Å². The van der Waals surface area contributed by atoms with Gasteiger partial charge in [-0.2, -0.15) is 0 Å². The second-order valence-electron chi connectivity index (χ2n) is 5.94. The Morgan fingerprint density at radius 3 is 2.29 bits per heavy atom. The van der Waals surface area contributed by atoms with Crippen molar-refractivity contribution in [3.05, 3.63) is 0 Å². The van der Waals surface area contributed by atoms with Gasteiger partial charge >= 0.3 is 0 Å². The zero-order valence-corrected chi connectivity index (χ0v) is 10.9. The van der Waals surface area contributed by atoms with E-state index in [1.165, 1.54) is 0 Å². The van der Waals surface area contributed by atoms with Crippen molar-refractivity contribution in [1.29, 1.82) is 0 Å². The highest BCUT2D eigenvalue weighted by molar-refractivity contribution is 5.02. The largest absolute Gasteiger partial charge is 0.348 e. The Morgan fingerprint density at radius 2 is 1.65 bits per heavy atom. The maximum atomic E-state index is 5.95. The molecule has 0 bridgehead atoms. The van der Waals surface area contributed by atoms with E-state index in [-0.39, 0.29) is 24.4 Å². The molecular weight excluding hydrogens is 222 g/mol. The molecule has 0 amide bonds. The van der Waals surface area contributed by atoms with E-state index in [0.29, 0.717) is 6.61 Å². The fourth-order valence-corrected chi connectivity index (χ4v) is 2.93. The van der Waals surface area contributed by atoms with Crippen LogP contribution in [0.15, 0.2) is 0 Å². The van der Waals surface area contributed by atoms with E-state index in [0.717, 1.165) is 6.54 Å². The molecule has 5 heteroatoms. The fourth-order valence-electron chi connectivity index (χ4n) is 2.93. The van der Waals surface area contributed by atoms with Crippen LogP contribution in [0.25, 0.3) is 0 Å². The van der Waals surface area contributed by atoms with E-state index in [1.807, 2.05) is 27.7 Å². The second kappa shape index (κ2) is 3.65. The van der Waals surface area contributed by atoms with Crippen molar-refractivity contribution in [1.82, 2.24) is 5.32 Å². The molecule has 17 heavy (non-hydrogen) atoms. The SMILES string of the molecule is CC1(C)OC[C@H]([C@@H]2NC[C@H]3OC(C)(C)O[C@@H]23)O1. The third-order valence-corrected chi connectivity index (χ3v) is 3.56. The van der Waals surface area contributed by atoms with Gasteiger partial charge in [0.2, 0.25) is 0 Å². The lowest BCUT2D eigenvalue weighted by molar-refractivity contribution is -0.165. The Hall–Kier alpha value is -0.200. The fraction of sp³-hybridized carbons (Fsp3) is 1.00. The highest BCUT2D eigenvalue weighted by atomic mass is 16.8. The molecule has 3 rings (SSSR count). The Labute approximate surface area is 102 Å². The van der Waals surface area contributed by atoms with Crippen LogP contribution in [0.1, 0.15) is 27.7 Å². The summed E-state index contributed by atoms with van der Waals surface area (Å²) in [6.45, 7) is 9.22. The lowest BCUT2D eigenvalue weighted by Gasteiger charge is -2.26. The summed E-state index contributed by atoms with van der Waals surface area (Å²) in [5.74, 6) is -0.968. The minimum Gasteiger partial charge on any atom is -0.348 e. The summed E-state index contributed by atoms with van der Waals surface area (Å²) in [5, 5.41) is 3.42. The molecule has 0 spiro atoms. The van der Waals surface area contributed by atoms with E-state index < -0.39 is 11.6 Å². The highest BCUT2D eigenvalue weighted by Gasteiger charge is 2.53. The van der Waals surface area contributed by atoms with Crippen molar-refractivity contribution in [2.75, 3.05) is 13.2 Å². The van der Waals surface area contributed by atoms with Gasteiger partial charge in [0.05, 0.1) is 12.6 Å². The summed E-state index contributed by atoms with van der Waals surface area (Å²) >= 11 is 0. The van der Waals surface area contributed by atoms with Crippen molar-refractivity contribution in [2.24, 2.45) is 0 Å². The van der Waals surface area contributed by atoms with E-state index in [9.17, 15) is 0 Å². The predicted octanol–water partition coefficient (Wildman–Crippen LogP) is 0.630. The van der Waals surface area contributed by atoms with E-state index in [2.05, 4.69) is 5.32 Å². The molecule has 3 saturated heterocycles. The van der Waals surface area contributed by atoms with Crippen LogP contribution in [0.5, 0.6) is 0 Å². The van der Waals surface area contributed by atoms with Crippen molar-refractivity contribution >= 4 is 0 Å². The Balaban J connectivity index is 1.70. The number of hydrogen-bond acceptors (Lipinski definition) is 5. The van der Waals surface area contributed by atoms with Crippen LogP contribution in [0.2, 0.25) is 0 Å². The minimum atomic E-state index is -0.487. The average molecular weight is 243 g/mol. The van der Waals surface area contributed by atoms with Crippen LogP contribution < -0.4 is 5.32 Å². The van der Waals surface area contributed by atoms with Crippen molar-refractivity contribution in [3.8, 4) is 0 Å². The quantitative estimate of drug-likeness (QED) is 0.732. The lowest BCUT2D eigenvalue weighted by Crippen LogP contribution is -2.46.